The lowest BCUT2D eigenvalue weighted by atomic mass is 9.80. The Balaban J connectivity index is 1.85. The van der Waals surface area contributed by atoms with E-state index in [0.29, 0.717) is 12.1 Å². The largest absolute Gasteiger partial charge is 0.389 e. The van der Waals surface area contributed by atoms with Gasteiger partial charge >= 0.3 is 0 Å². The Morgan fingerprint density at radius 2 is 1.63 bits per heavy atom. The number of piperidine rings is 1. The smallest absolute Gasteiger partial charge is 0.0717 e. The molecule has 2 fully saturated rings. The van der Waals surface area contributed by atoms with Crippen LogP contribution in [0.3, 0.4) is 0 Å². The molecule has 2 N–H and O–H groups in total. The Labute approximate surface area is 116 Å². The highest BCUT2D eigenvalue weighted by Gasteiger charge is 2.42. The van der Waals surface area contributed by atoms with Crippen LogP contribution in [0.15, 0.2) is 12.1 Å². The molecule has 1 aromatic rings. The van der Waals surface area contributed by atoms with E-state index in [1.807, 2.05) is 0 Å². The van der Waals surface area contributed by atoms with E-state index in [-0.39, 0.29) is 0 Å². The maximum atomic E-state index is 11.0. The minimum Gasteiger partial charge on any atom is -0.389 e. The van der Waals surface area contributed by atoms with Gasteiger partial charge in [-0.1, -0.05) is 17.7 Å². The van der Waals surface area contributed by atoms with Crippen LogP contribution >= 0.6 is 0 Å². The van der Waals surface area contributed by atoms with Crippen LogP contribution in [0.4, 0.5) is 0 Å². The van der Waals surface area contributed by atoms with Crippen LogP contribution in [0.1, 0.15) is 47.9 Å². The minimum atomic E-state index is -0.498. The molecule has 0 amide bonds. The summed E-state index contributed by atoms with van der Waals surface area (Å²) < 4.78 is 0. The second-order valence-corrected chi connectivity index (χ2v) is 6.82. The number of hydrogen-bond donors (Lipinski definition) is 2. The molecular weight excluding hydrogens is 234 g/mol. The Kier molecular flexibility index (Phi) is 3.18. The quantitative estimate of drug-likeness (QED) is 0.856. The van der Waals surface area contributed by atoms with Crippen molar-refractivity contribution in [2.45, 2.75) is 70.6 Å². The first kappa shape index (κ1) is 13.1. The molecule has 2 heteroatoms. The summed E-state index contributed by atoms with van der Waals surface area (Å²) in [5, 5.41) is 14.6. The summed E-state index contributed by atoms with van der Waals surface area (Å²) in [6, 6.07) is 5.55. The van der Waals surface area contributed by atoms with Gasteiger partial charge in [-0.15, -0.1) is 0 Å². The van der Waals surface area contributed by atoms with Crippen molar-refractivity contribution in [1.29, 1.82) is 0 Å². The molecule has 2 heterocycles. The van der Waals surface area contributed by atoms with Gasteiger partial charge < -0.3 is 10.4 Å². The van der Waals surface area contributed by atoms with Gasteiger partial charge in [-0.2, -0.15) is 0 Å². The Morgan fingerprint density at radius 1 is 1.11 bits per heavy atom. The van der Waals surface area contributed by atoms with Crippen molar-refractivity contribution in [2.24, 2.45) is 0 Å². The van der Waals surface area contributed by atoms with Crippen molar-refractivity contribution in [3.63, 3.8) is 0 Å². The van der Waals surface area contributed by atoms with Gasteiger partial charge in [0, 0.05) is 18.5 Å². The lowest BCUT2D eigenvalue weighted by molar-refractivity contribution is -0.00633. The average molecular weight is 259 g/mol. The zero-order valence-corrected chi connectivity index (χ0v) is 12.3. The van der Waals surface area contributed by atoms with Gasteiger partial charge in [0.25, 0.3) is 0 Å². The molecule has 2 aliphatic heterocycles. The van der Waals surface area contributed by atoms with E-state index in [9.17, 15) is 5.11 Å². The van der Waals surface area contributed by atoms with Crippen molar-refractivity contribution in [1.82, 2.24) is 5.32 Å². The maximum absolute atomic E-state index is 11.0. The zero-order chi connectivity index (χ0) is 13.6. The predicted octanol–water partition coefficient (Wildman–Crippen LogP) is 2.80. The molecule has 0 aliphatic carbocycles. The standard InChI is InChI=1S/C17H25NO/c1-11-6-12(2)16(13(3)7-11)10-17(19)8-14-4-5-15(9-17)18-14/h6-7,14-15,18-19H,4-5,8-10H2,1-3H3. The third-order valence-electron chi connectivity index (χ3n) is 4.93. The third kappa shape index (κ3) is 2.56. The highest BCUT2D eigenvalue weighted by Crippen LogP contribution is 2.37. The SMILES string of the molecule is Cc1cc(C)c(CC2(O)CC3CCC(C2)N3)c(C)c1. The van der Waals surface area contributed by atoms with Gasteiger partial charge in [-0.25, -0.2) is 0 Å². The van der Waals surface area contributed by atoms with Gasteiger partial charge in [0.1, 0.15) is 0 Å². The predicted molar refractivity (Wildman–Crippen MR) is 78.5 cm³/mol. The summed E-state index contributed by atoms with van der Waals surface area (Å²) in [6.07, 6.45) is 5.11. The van der Waals surface area contributed by atoms with Crippen LogP contribution in [0.25, 0.3) is 0 Å². The highest BCUT2D eigenvalue weighted by atomic mass is 16.3. The molecule has 1 aromatic carbocycles. The fourth-order valence-corrected chi connectivity index (χ4v) is 4.19. The maximum Gasteiger partial charge on any atom is 0.0717 e. The van der Waals surface area contributed by atoms with Crippen LogP contribution in [-0.4, -0.2) is 22.8 Å². The van der Waals surface area contributed by atoms with E-state index >= 15 is 0 Å². The number of benzene rings is 1. The summed E-state index contributed by atoms with van der Waals surface area (Å²) >= 11 is 0. The Morgan fingerprint density at radius 3 is 2.16 bits per heavy atom. The Bertz CT molecular complexity index is 459. The number of rotatable bonds is 2. The highest BCUT2D eigenvalue weighted by molar-refractivity contribution is 5.38. The van der Waals surface area contributed by atoms with Crippen molar-refractivity contribution in [3.8, 4) is 0 Å². The first-order chi connectivity index (χ1) is 8.95. The molecule has 3 rings (SSSR count). The van der Waals surface area contributed by atoms with E-state index in [1.54, 1.807) is 0 Å². The molecule has 2 saturated heterocycles. The topological polar surface area (TPSA) is 32.3 Å². The average Bonchev–Trinajstić information content (AvgIpc) is 2.64. The fourth-order valence-electron chi connectivity index (χ4n) is 4.19. The third-order valence-corrected chi connectivity index (χ3v) is 4.93. The molecule has 2 atom stereocenters. The van der Waals surface area contributed by atoms with Crippen molar-refractivity contribution in [3.05, 3.63) is 34.4 Å². The van der Waals surface area contributed by atoms with Crippen LogP contribution in [-0.2, 0) is 6.42 Å². The second kappa shape index (κ2) is 4.60. The molecule has 2 unspecified atom stereocenters. The molecule has 2 aliphatic rings. The summed E-state index contributed by atoms with van der Waals surface area (Å²) in [7, 11) is 0. The lowest BCUT2D eigenvalue weighted by Crippen LogP contribution is -2.49. The van der Waals surface area contributed by atoms with Crippen LogP contribution < -0.4 is 5.32 Å². The van der Waals surface area contributed by atoms with E-state index in [1.165, 1.54) is 35.1 Å². The molecule has 2 bridgehead atoms. The Hall–Kier alpha value is -0.860. The van der Waals surface area contributed by atoms with E-state index in [2.05, 4.69) is 38.2 Å². The number of aliphatic hydroxyl groups is 1. The van der Waals surface area contributed by atoms with Gasteiger partial charge in [0.15, 0.2) is 0 Å². The summed E-state index contributed by atoms with van der Waals surface area (Å²) in [5.74, 6) is 0. The molecule has 19 heavy (non-hydrogen) atoms. The van der Waals surface area contributed by atoms with Gasteiger partial charge in [0.05, 0.1) is 5.60 Å². The molecule has 0 aromatic heterocycles. The fraction of sp³-hybridized carbons (Fsp3) is 0.647. The zero-order valence-electron chi connectivity index (χ0n) is 12.3. The van der Waals surface area contributed by atoms with Crippen LogP contribution in [0.2, 0.25) is 0 Å². The second-order valence-electron chi connectivity index (χ2n) is 6.82. The van der Waals surface area contributed by atoms with E-state index in [4.69, 9.17) is 0 Å². The van der Waals surface area contributed by atoms with Crippen LogP contribution in [0, 0.1) is 20.8 Å². The molecule has 104 valence electrons. The van der Waals surface area contributed by atoms with Crippen molar-refractivity contribution >= 4 is 0 Å². The first-order valence-electron chi connectivity index (χ1n) is 7.50. The monoisotopic (exact) mass is 259 g/mol. The van der Waals surface area contributed by atoms with Gasteiger partial charge in [0.2, 0.25) is 0 Å². The first-order valence-corrected chi connectivity index (χ1v) is 7.50. The summed E-state index contributed by atoms with van der Waals surface area (Å²) in [6.45, 7) is 6.49. The van der Waals surface area contributed by atoms with Gasteiger partial charge in [-0.05, 0) is 63.1 Å². The normalized spacial score (nSPS) is 33.7. The molecule has 0 saturated carbocycles. The van der Waals surface area contributed by atoms with E-state index < -0.39 is 5.60 Å². The number of aryl methyl sites for hydroxylation is 3. The van der Waals surface area contributed by atoms with E-state index in [0.717, 1.165) is 19.3 Å². The molecule has 2 nitrogen and oxygen atoms in total. The number of nitrogens with one attached hydrogen (secondary N) is 1. The molecule has 0 radical (unpaired) electrons. The summed E-state index contributed by atoms with van der Waals surface area (Å²) in [5.41, 5.74) is 4.83. The van der Waals surface area contributed by atoms with Crippen molar-refractivity contribution in [2.75, 3.05) is 0 Å². The molecule has 0 spiro atoms. The number of hydrogen-bond acceptors (Lipinski definition) is 2. The van der Waals surface area contributed by atoms with Crippen molar-refractivity contribution < 1.29 is 5.11 Å². The van der Waals surface area contributed by atoms with Crippen LogP contribution in [0.5, 0.6) is 0 Å². The lowest BCUT2D eigenvalue weighted by Gasteiger charge is -2.38. The number of fused-ring (bicyclic) bond motifs is 2. The summed E-state index contributed by atoms with van der Waals surface area (Å²) in [4.78, 5) is 0. The van der Waals surface area contributed by atoms with Gasteiger partial charge in [-0.3, -0.25) is 0 Å². The minimum absolute atomic E-state index is 0.498. The molecular formula is C17H25NO.